The van der Waals surface area contributed by atoms with E-state index < -0.39 is 0 Å². The molecule has 8 nitrogen and oxygen atoms in total. The van der Waals surface area contributed by atoms with E-state index in [1.807, 2.05) is 42.5 Å². The summed E-state index contributed by atoms with van der Waals surface area (Å²) in [6, 6.07) is 15.3. The van der Waals surface area contributed by atoms with Crippen molar-refractivity contribution in [3.63, 3.8) is 0 Å². The summed E-state index contributed by atoms with van der Waals surface area (Å²) >= 11 is 0. The van der Waals surface area contributed by atoms with Gasteiger partial charge in [0.05, 0.1) is 36.3 Å². The number of nitrogens with one attached hydrogen (secondary N) is 3. The number of esters is 1. The van der Waals surface area contributed by atoms with Crippen LogP contribution in [0.4, 0.5) is 4.79 Å². The summed E-state index contributed by atoms with van der Waals surface area (Å²) in [5.41, 5.74) is 6.77. The number of amides is 2. The molecular weight excluding hydrogens is 418 g/mol. The lowest BCUT2D eigenvalue weighted by atomic mass is 9.99. The van der Waals surface area contributed by atoms with Gasteiger partial charge in [0, 0.05) is 18.3 Å². The zero-order valence-corrected chi connectivity index (χ0v) is 18.1. The largest absolute Gasteiger partial charge is 0.466 e. The number of carbonyl (C=O) groups excluding carboxylic acids is 2. The van der Waals surface area contributed by atoms with Gasteiger partial charge in [-0.1, -0.05) is 42.5 Å². The van der Waals surface area contributed by atoms with E-state index in [2.05, 4.69) is 26.7 Å². The van der Waals surface area contributed by atoms with Gasteiger partial charge < -0.3 is 20.4 Å². The Kier molecular flexibility index (Phi) is 5.48. The van der Waals surface area contributed by atoms with E-state index in [1.165, 1.54) is 0 Å². The lowest BCUT2D eigenvalue weighted by molar-refractivity contribution is -0.142. The van der Waals surface area contributed by atoms with E-state index in [-0.39, 0.29) is 31.0 Å². The number of benzene rings is 2. The lowest BCUT2D eigenvalue weighted by Crippen LogP contribution is -2.38. The Hall–Kier alpha value is -4.20. The van der Waals surface area contributed by atoms with Crippen molar-refractivity contribution in [2.24, 2.45) is 0 Å². The fraction of sp³-hybridized carbons (Fsp3) is 0.200. The zero-order valence-electron chi connectivity index (χ0n) is 18.1. The van der Waals surface area contributed by atoms with E-state index in [9.17, 15) is 9.59 Å². The molecule has 2 heterocycles. The molecule has 4 aromatic rings. The highest BCUT2D eigenvalue weighted by atomic mass is 16.5. The molecule has 0 radical (unpaired) electrons. The monoisotopic (exact) mass is 441 g/mol. The van der Waals surface area contributed by atoms with E-state index in [0.29, 0.717) is 6.61 Å². The van der Waals surface area contributed by atoms with E-state index in [0.717, 1.165) is 44.7 Å². The van der Waals surface area contributed by atoms with Crippen LogP contribution in [0.3, 0.4) is 0 Å². The second-order valence-electron chi connectivity index (χ2n) is 7.72. The molecule has 1 unspecified atom stereocenters. The number of rotatable bonds is 6. The van der Waals surface area contributed by atoms with Gasteiger partial charge >= 0.3 is 12.0 Å². The van der Waals surface area contributed by atoms with Crippen molar-refractivity contribution >= 4 is 23.0 Å². The van der Waals surface area contributed by atoms with Crippen molar-refractivity contribution in [1.82, 2.24) is 25.6 Å². The maximum Gasteiger partial charge on any atom is 0.315 e. The molecule has 0 spiro atoms. The van der Waals surface area contributed by atoms with Crippen LogP contribution in [0.1, 0.15) is 30.5 Å². The van der Waals surface area contributed by atoms with Gasteiger partial charge in [-0.05, 0) is 35.2 Å². The first-order valence-corrected chi connectivity index (χ1v) is 10.9. The third-order valence-electron chi connectivity index (χ3n) is 5.68. The van der Waals surface area contributed by atoms with Crippen LogP contribution in [0.5, 0.6) is 0 Å². The first kappa shape index (κ1) is 20.7. The maximum atomic E-state index is 12.6. The standard InChI is InChI=1S/C25H23N5O3/c1-2-33-21(31)11-13-27-25(32)30-23-16-7-4-3-6-15(16)22-17(23)8-5-9-18(22)24-28-19-10-12-26-14-20(19)29-24/h3-10,12,14,23H,2,11,13H2,1H3,(H,28,29)(H2,27,30,32). The number of aromatic amines is 1. The Morgan fingerprint density at radius 3 is 2.73 bits per heavy atom. The molecule has 33 heavy (non-hydrogen) atoms. The van der Waals surface area contributed by atoms with Crippen molar-refractivity contribution in [1.29, 1.82) is 0 Å². The van der Waals surface area contributed by atoms with Gasteiger partial charge in [-0.3, -0.25) is 9.78 Å². The molecule has 8 heteroatoms. The molecule has 0 bridgehead atoms. The third-order valence-corrected chi connectivity index (χ3v) is 5.68. The predicted octanol–water partition coefficient (Wildman–Crippen LogP) is 3.95. The molecule has 1 aliphatic rings. The molecule has 1 aliphatic carbocycles. The van der Waals surface area contributed by atoms with Crippen LogP contribution < -0.4 is 10.6 Å². The molecule has 2 aromatic carbocycles. The topological polar surface area (TPSA) is 109 Å². The van der Waals surface area contributed by atoms with Crippen LogP contribution in [0.25, 0.3) is 33.5 Å². The predicted molar refractivity (Wildman–Crippen MR) is 124 cm³/mol. The fourth-order valence-electron chi connectivity index (χ4n) is 4.29. The number of urea groups is 1. The van der Waals surface area contributed by atoms with Gasteiger partial charge in [0.2, 0.25) is 0 Å². The van der Waals surface area contributed by atoms with Crippen LogP contribution in [-0.2, 0) is 9.53 Å². The molecule has 166 valence electrons. The van der Waals surface area contributed by atoms with Gasteiger partial charge in [-0.2, -0.15) is 0 Å². The van der Waals surface area contributed by atoms with Crippen LogP contribution in [-0.4, -0.2) is 40.1 Å². The molecule has 2 amide bonds. The maximum absolute atomic E-state index is 12.6. The number of pyridine rings is 1. The molecule has 5 rings (SSSR count). The van der Waals surface area contributed by atoms with Crippen molar-refractivity contribution in [3.8, 4) is 22.5 Å². The molecule has 0 fully saturated rings. The zero-order chi connectivity index (χ0) is 22.8. The second-order valence-corrected chi connectivity index (χ2v) is 7.72. The van der Waals surface area contributed by atoms with Crippen molar-refractivity contribution in [2.45, 2.75) is 19.4 Å². The van der Waals surface area contributed by atoms with Crippen molar-refractivity contribution in [3.05, 3.63) is 72.1 Å². The molecular formula is C25H23N5O3. The molecule has 2 aromatic heterocycles. The Balaban J connectivity index is 1.45. The highest BCUT2D eigenvalue weighted by Gasteiger charge is 2.32. The highest BCUT2D eigenvalue weighted by Crippen LogP contribution is 2.47. The first-order chi connectivity index (χ1) is 16.2. The van der Waals surface area contributed by atoms with Crippen molar-refractivity contribution < 1.29 is 14.3 Å². The summed E-state index contributed by atoms with van der Waals surface area (Å²) < 4.78 is 4.90. The summed E-state index contributed by atoms with van der Waals surface area (Å²) in [5, 5.41) is 5.81. The summed E-state index contributed by atoms with van der Waals surface area (Å²) in [5.74, 6) is 0.421. The number of ether oxygens (including phenoxy) is 1. The number of hydrogen-bond donors (Lipinski definition) is 3. The number of hydrogen-bond acceptors (Lipinski definition) is 5. The lowest BCUT2D eigenvalue weighted by Gasteiger charge is -2.17. The fourth-order valence-corrected chi connectivity index (χ4v) is 4.29. The summed E-state index contributed by atoms with van der Waals surface area (Å²) in [6.07, 6.45) is 3.61. The second kappa shape index (κ2) is 8.74. The van der Waals surface area contributed by atoms with Crippen LogP contribution in [0, 0.1) is 0 Å². The Morgan fingerprint density at radius 1 is 1.06 bits per heavy atom. The summed E-state index contributed by atoms with van der Waals surface area (Å²) in [4.78, 5) is 36.4. The molecule has 3 N–H and O–H groups in total. The average Bonchev–Trinajstić information content (AvgIpc) is 3.39. The van der Waals surface area contributed by atoms with Crippen LogP contribution in [0.2, 0.25) is 0 Å². The van der Waals surface area contributed by atoms with Crippen LogP contribution in [0.15, 0.2) is 60.9 Å². The smallest absolute Gasteiger partial charge is 0.315 e. The molecule has 0 saturated carbocycles. The minimum atomic E-state index is -0.341. The van der Waals surface area contributed by atoms with Gasteiger partial charge in [0.25, 0.3) is 0 Å². The van der Waals surface area contributed by atoms with Gasteiger partial charge in [-0.25, -0.2) is 9.78 Å². The third kappa shape index (κ3) is 3.91. The SMILES string of the molecule is CCOC(=O)CCNC(=O)NC1c2ccccc2-c2c(-c3nc4ccncc4[nH]3)cccc21. The quantitative estimate of drug-likeness (QED) is 0.393. The highest BCUT2D eigenvalue weighted by molar-refractivity contribution is 5.92. The number of nitrogens with zero attached hydrogens (tertiary/aromatic N) is 2. The number of imidazole rings is 1. The first-order valence-electron chi connectivity index (χ1n) is 10.9. The average molecular weight is 441 g/mol. The number of carbonyl (C=O) groups is 2. The number of fused-ring (bicyclic) bond motifs is 4. The Bertz CT molecular complexity index is 1310. The summed E-state index contributed by atoms with van der Waals surface area (Å²) in [6.45, 7) is 2.28. The van der Waals surface area contributed by atoms with Gasteiger partial charge in [-0.15, -0.1) is 0 Å². The normalized spacial score (nSPS) is 13.9. The Morgan fingerprint density at radius 2 is 1.88 bits per heavy atom. The molecule has 0 saturated heterocycles. The van der Waals surface area contributed by atoms with Gasteiger partial charge in [0.1, 0.15) is 5.82 Å². The van der Waals surface area contributed by atoms with E-state index >= 15 is 0 Å². The van der Waals surface area contributed by atoms with Gasteiger partial charge in [0.15, 0.2) is 0 Å². The Labute approximate surface area is 190 Å². The van der Waals surface area contributed by atoms with E-state index in [1.54, 1.807) is 19.3 Å². The van der Waals surface area contributed by atoms with Crippen LogP contribution >= 0.6 is 0 Å². The molecule has 0 aliphatic heterocycles. The molecule has 1 atom stereocenters. The van der Waals surface area contributed by atoms with E-state index in [4.69, 9.17) is 9.72 Å². The number of aromatic nitrogens is 3. The minimum absolute atomic E-state index is 0.129. The number of H-pyrrole nitrogens is 1. The minimum Gasteiger partial charge on any atom is -0.466 e. The summed E-state index contributed by atoms with van der Waals surface area (Å²) in [7, 11) is 0. The van der Waals surface area contributed by atoms with Crippen molar-refractivity contribution in [2.75, 3.05) is 13.2 Å².